The molecule has 0 aliphatic rings. The molecule has 0 aliphatic heterocycles. The fraction of sp³-hybridized carbons (Fsp3) is 0.833. The van der Waals surface area contributed by atoms with Gasteiger partial charge in [0.15, 0.2) is 0 Å². The minimum atomic E-state index is -0.812. The molecule has 0 saturated heterocycles. The third kappa shape index (κ3) is 9.18. The second kappa shape index (κ2) is 8.01. The van der Waals surface area contributed by atoms with Crippen LogP contribution in [0.1, 0.15) is 27.7 Å². The van der Waals surface area contributed by atoms with Crippen LogP contribution in [0.2, 0.25) is 0 Å². The molecule has 0 aromatic carbocycles. The van der Waals surface area contributed by atoms with Crippen molar-refractivity contribution in [3.63, 3.8) is 0 Å². The maximum Gasteiger partial charge on any atom is 0.321 e. The minimum absolute atomic E-state index is 0.148. The number of carbonyl (C=O) groups excluding carboxylic acids is 2. The Morgan fingerprint density at radius 2 is 1.11 bits per heavy atom. The van der Waals surface area contributed by atoms with Crippen molar-refractivity contribution < 1.29 is 23.8 Å². The van der Waals surface area contributed by atoms with Crippen molar-refractivity contribution in [1.82, 2.24) is 0 Å². The summed E-state index contributed by atoms with van der Waals surface area (Å²) >= 11 is 8.15. The molecule has 0 N–H and O–H groups in total. The van der Waals surface area contributed by atoms with E-state index in [-0.39, 0.29) is 26.4 Å². The van der Waals surface area contributed by atoms with Crippen LogP contribution in [-0.2, 0) is 23.8 Å². The van der Waals surface area contributed by atoms with E-state index >= 15 is 0 Å². The summed E-state index contributed by atoms with van der Waals surface area (Å²) in [5, 5.41) is 0. The summed E-state index contributed by atoms with van der Waals surface area (Å²) in [6.45, 7) is 7.39. The van der Waals surface area contributed by atoms with E-state index in [0.717, 1.165) is 0 Å². The Morgan fingerprint density at radius 1 is 0.789 bits per heavy atom. The molecule has 0 aromatic rings. The van der Waals surface area contributed by atoms with E-state index in [1.54, 1.807) is 27.7 Å². The summed E-state index contributed by atoms with van der Waals surface area (Å²) in [6, 6.07) is 0. The lowest BCUT2D eigenvalue weighted by atomic mass is 10.2. The Bertz CT molecular complexity index is 274. The van der Waals surface area contributed by atoms with Crippen LogP contribution in [0, 0.1) is 0 Å². The third-order valence-electron chi connectivity index (χ3n) is 1.92. The Labute approximate surface area is 125 Å². The van der Waals surface area contributed by atoms with Gasteiger partial charge in [-0.1, -0.05) is 0 Å². The molecule has 0 saturated carbocycles. The monoisotopic (exact) mass is 310 g/mol. The summed E-state index contributed by atoms with van der Waals surface area (Å²) in [4.78, 5) is 22.6. The molecule has 0 radical (unpaired) electrons. The molecular weight excluding hydrogens is 288 g/mol. The molecule has 112 valence electrons. The SMILES string of the molecule is CC(C)(S)C(=O)OCCOCCOC(=O)C(C)(C)S. The lowest BCUT2D eigenvalue weighted by Crippen LogP contribution is -2.29. The van der Waals surface area contributed by atoms with E-state index in [4.69, 9.17) is 14.2 Å². The molecule has 5 nitrogen and oxygen atoms in total. The Balaban J connectivity index is 3.53. The highest BCUT2D eigenvalue weighted by molar-refractivity contribution is 7.82. The van der Waals surface area contributed by atoms with Gasteiger partial charge in [-0.25, -0.2) is 0 Å². The van der Waals surface area contributed by atoms with E-state index in [1.165, 1.54) is 0 Å². The van der Waals surface area contributed by atoms with Crippen LogP contribution >= 0.6 is 25.3 Å². The number of rotatable bonds is 8. The average molecular weight is 310 g/mol. The summed E-state index contributed by atoms with van der Waals surface area (Å²) in [5.74, 6) is -0.801. The molecule has 0 fully saturated rings. The van der Waals surface area contributed by atoms with Gasteiger partial charge in [-0.2, -0.15) is 25.3 Å². The van der Waals surface area contributed by atoms with Gasteiger partial charge in [0.2, 0.25) is 0 Å². The highest BCUT2D eigenvalue weighted by atomic mass is 32.1. The van der Waals surface area contributed by atoms with Crippen LogP contribution in [0.25, 0.3) is 0 Å². The molecule has 0 bridgehead atoms. The van der Waals surface area contributed by atoms with Crippen LogP contribution in [-0.4, -0.2) is 47.9 Å². The Kier molecular flexibility index (Phi) is 7.85. The largest absolute Gasteiger partial charge is 0.462 e. The second-order valence-corrected chi connectivity index (χ2v) is 7.24. The molecule has 0 heterocycles. The zero-order valence-corrected chi connectivity index (χ0v) is 13.6. The first kappa shape index (κ1) is 18.6. The molecule has 7 heteroatoms. The van der Waals surface area contributed by atoms with Gasteiger partial charge < -0.3 is 14.2 Å². The van der Waals surface area contributed by atoms with E-state index in [0.29, 0.717) is 0 Å². The number of thiol groups is 2. The van der Waals surface area contributed by atoms with Crippen molar-refractivity contribution >= 4 is 37.2 Å². The normalized spacial score (nSPS) is 12.1. The maximum atomic E-state index is 11.3. The van der Waals surface area contributed by atoms with Gasteiger partial charge in [0.25, 0.3) is 0 Å². The van der Waals surface area contributed by atoms with E-state index in [1.807, 2.05) is 0 Å². The number of ether oxygens (including phenoxy) is 3. The van der Waals surface area contributed by atoms with Crippen molar-refractivity contribution in [2.75, 3.05) is 26.4 Å². The van der Waals surface area contributed by atoms with Crippen molar-refractivity contribution in [3.8, 4) is 0 Å². The topological polar surface area (TPSA) is 61.8 Å². The number of hydrogen-bond donors (Lipinski definition) is 2. The molecule has 0 unspecified atom stereocenters. The summed E-state index contributed by atoms with van der Waals surface area (Å²) in [5.41, 5.74) is 0. The first-order chi connectivity index (χ1) is 8.55. The van der Waals surface area contributed by atoms with Crippen molar-refractivity contribution in [2.24, 2.45) is 0 Å². The third-order valence-corrected chi connectivity index (χ3v) is 2.29. The summed E-state index contributed by atoms with van der Waals surface area (Å²) in [6.07, 6.45) is 0. The average Bonchev–Trinajstić information content (AvgIpc) is 2.24. The van der Waals surface area contributed by atoms with Crippen LogP contribution < -0.4 is 0 Å². The van der Waals surface area contributed by atoms with Crippen molar-refractivity contribution in [2.45, 2.75) is 37.2 Å². The van der Waals surface area contributed by atoms with Gasteiger partial charge in [-0.05, 0) is 27.7 Å². The highest BCUT2D eigenvalue weighted by Gasteiger charge is 2.24. The first-order valence-corrected chi connectivity index (χ1v) is 6.81. The maximum absolute atomic E-state index is 11.3. The van der Waals surface area contributed by atoms with Gasteiger partial charge >= 0.3 is 11.9 Å². The molecular formula is C12H22O5S2. The van der Waals surface area contributed by atoms with Crippen molar-refractivity contribution in [3.05, 3.63) is 0 Å². The van der Waals surface area contributed by atoms with E-state index in [9.17, 15) is 9.59 Å². The van der Waals surface area contributed by atoms with Gasteiger partial charge in [0, 0.05) is 0 Å². The predicted octanol–water partition coefficient (Wildman–Crippen LogP) is 1.51. The molecule has 0 rings (SSSR count). The zero-order chi connectivity index (χ0) is 15.1. The fourth-order valence-electron chi connectivity index (χ4n) is 0.842. The Morgan fingerprint density at radius 3 is 1.37 bits per heavy atom. The van der Waals surface area contributed by atoms with E-state index < -0.39 is 21.4 Å². The predicted molar refractivity (Wildman–Crippen MR) is 78.9 cm³/mol. The van der Waals surface area contributed by atoms with E-state index in [2.05, 4.69) is 25.3 Å². The van der Waals surface area contributed by atoms with Crippen LogP contribution in [0.5, 0.6) is 0 Å². The number of esters is 2. The molecule has 0 spiro atoms. The number of carbonyl (C=O) groups is 2. The molecule has 0 amide bonds. The Hall–Kier alpha value is -0.400. The number of hydrogen-bond acceptors (Lipinski definition) is 7. The second-order valence-electron chi connectivity index (χ2n) is 5.00. The van der Waals surface area contributed by atoms with Gasteiger partial charge in [-0.15, -0.1) is 0 Å². The molecule has 19 heavy (non-hydrogen) atoms. The quantitative estimate of drug-likeness (QED) is 0.404. The van der Waals surface area contributed by atoms with Crippen molar-refractivity contribution in [1.29, 1.82) is 0 Å². The summed E-state index contributed by atoms with van der Waals surface area (Å²) < 4.78 is 13.4. The van der Waals surface area contributed by atoms with Gasteiger partial charge in [0.1, 0.15) is 22.7 Å². The minimum Gasteiger partial charge on any atom is -0.462 e. The highest BCUT2D eigenvalue weighted by Crippen LogP contribution is 2.14. The van der Waals surface area contributed by atoms with Crippen LogP contribution in [0.4, 0.5) is 0 Å². The summed E-state index contributed by atoms with van der Waals surface area (Å²) in [7, 11) is 0. The smallest absolute Gasteiger partial charge is 0.321 e. The first-order valence-electron chi connectivity index (χ1n) is 5.92. The standard InChI is InChI=1S/C12H22O5S2/c1-11(2,18)9(13)16-7-5-15-6-8-17-10(14)12(3,4)19/h18-19H,5-8H2,1-4H3. The van der Waals surface area contributed by atoms with Crippen LogP contribution in [0.3, 0.4) is 0 Å². The lowest BCUT2D eigenvalue weighted by Gasteiger charge is -2.16. The zero-order valence-electron chi connectivity index (χ0n) is 11.8. The van der Waals surface area contributed by atoms with Gasteiger partial charge in [-0.3, -0.25) is 9.59 Å². The fourth-order valence-corrected chi connectivity index (χ4v) is 0.971. The molecule has 0 aliphatic carbocycles. The van der Waals surface area contributed by atoms with Gasteiger partial charge in [0.05, 0.1) is 13.2 Å². The molecule has 0 atom stereocenters. The lowest BCUT2D eigenvalue weighted by molar-refractivity contribution is -0.148. The van der Waals surface area contributed by atoms with Crippen LogP contribution in [0.15, 0.2) is 0 Å². The molecule has 0 aromatic heterocycles.